The van der Waals surface area contributed by atoms with Crippen LogP contribution in [0.2, 0.25) is 5.02 Å². The van der Waals surface area contributed by atoms with Crippen molar-refractivity contribution in [2.24, 2.45) is 0 Å². The molecule has 1 N–H and O–H groups in total. The summed E-state index contributed by atoms with van der Waals surface area (Å²) in [5.74, 6) is 0.347. The predicted octanol–water partition coefficient (Wildman–Crippen LogP) is 3.33. The average molecular weight is 292 g/mol. The van der Waals surface area contributed by atoms with Gasteiger partial charge in [0.05, 0.1) is 17.7 Å². The van der Waals surface area contributed by atoms with Gasteiger partial charge in [-0.2, -0.15) is 0 Å². The van der Waals surface area contributed by atoms with Gasteiger partial charge in [0.15, 0.2) is 0 Å². The summed E-state index contributed by atoms with van der Waals surface area (Å²) in [6, 6.07) is 11.4. The number of carbonyl (C=O) groups is 1. The Hall–Kier alpha value is -2.20. The van der Waals surface area contributed by atoms with Gasteiger partial charge in [0.25, 0.3) is 5.91 Å². The minimum atomic E-state index is -0.306. The maximum absolute atomic E-state index is 12.4. The lowest BCUT2D eigenvalue weighted by Gasteiger charge is -2.18. The van der Waals surface area contributed by atoms with Gasteiger partial charge in [-0.15, -0.1) is 0 Å². The highest BCUT2D eigenvalue weighted by Gasteiger charge is 2.17. The molecule has 0 atom stereocenters. The molecular weight excluding hydrogens is 278 g/mol. The first-order valence-corrected chi connectivity index (χ1v) is 6.31. The van der Waals surface area contributed by atoms with Crippen LogP contribution in [-0.2, 0) is 0 Å². The number of hydrogen-bond donors (Lipinski definition) is 1. The topological polar surface area (TPSA) is 49.8 Å². The molecule has 4 nitrogen and oxygen atoms in total. The van der Waals surface area contributed by atoms with E-state index in [4.69, 9.17) is 16.3 Å². The number of amides is 1. The molecule has 0 aliphatic carbocycles. The maximum Gasteiger partial charge on any atom is 0.259 e. The molecule has 0 unspecified atom stereocenters. The first kappa shape index (κ1) is 14.2. The molecule has 20 heavy (non-hydrogen) atoms. The number of carbonyl (C=O) groups excluding carboxylic acids is 1. The SMILES string of the molecule is COc1cccc(N(C)C(=O)c2cc(O)ccc2Cl)c1. The Kier molecular flexibility index (Phi) is 4.15. The van der Waals surface area contributed by atoms with Crippen molar-refractivity contribution in [3.63, 3.8) is 0 Å². The van der Waals surface area contributed by atoms with Crippen LogP contribution >= 0.6 is 11.6 Å². The van der Waals surface area contributed by atoms with Gasteiger partial charge in [0.1, 0.15) is 11.5 Å². The van der Waals surface area contributed by atoms with Gasteiger partial charge < -0.3 is 14.7 Å². The smallest absolute Gasteiger partial charge is 0.259 e. The lowest BCUT2D eigenvalue weighted by Crippen LogP contribution is -2.26. The molecule has 0 radical (unpaired) electrons. The number of anilines is 1. The van der Waals surface area contributed by atoms with E-state index in [2.05, 4.69) is 0 Å². The van der Waals surface area contributed by atoms with Crippen molar-refractivity contribution < 1.29 is 14.6 Å². The number of rotatable bonds is 3. The number of methoxy groups -OCH3 is 1. The molecule has 0 saturated carbocycles. The molecule has 0 aliphatic heterocycles. The third-order valence-corrected chi connectivity index (χ3v) is 3.26. The van der Waals surface area contributed by atoms with Crippen LogP contribution in [0.5, 0.6) is 11.5 Å². The predicted molar refractivity (Wildman–Crippen MR) is 78.8 cm³/mol. The molecule has 0 saturated heterocycles. The van der Waals surface area contributed by atoms with Crippen LogP contribution in [0.1, 0.15) is 10.4 Å². The van der Waals surface area contributed by atoms with E-state index in [1.165, 1.54) is 23.1 Å². The number of phenolic OH excluding ortho intramolecular Hbond substituents is 1. The number of benzene rings is 2. The molecule has 0 heterocycles. The van der Waals surface area contributed by atoms with Crippen LogP contribution in [0.4, 0.5) is 5.69 Å². The number of phenols is 1. The van der Waals surface area contributed by atoms with Gasteiger partial charge in [-0.25, -0.2) is 0 Å². The van der Waals surface area contributed by atoms with Gasteiger partial charge in [0.2, 0.25) is 0 Å². The van der Waals surface area contributed by atoms with Gasteiger partial charge >= 0.3 is 0 Å². The second-order valence-corrected chi connectivity index (χ2v) is 4.64. The summed E-state index contributed by atoms with van der Waals surface area (Å²) in [5, 5.41) is 9.77. The summed E-state index contributed by atoms with van der Waals surface area (Å²) in [7, 11) is 3.20. The molecule has 0 spiro atoms. The molecule has 2 rings (SSSR count). The summed E-state index contributed by atoms with van der Waals surface area (Å²) in [4.78, 5) is 13.9. The standard InChI is InChI=1S/C15H14ClNO3/c1-17(10-4-3-5-12(8-10)20-2)15(19)13-9-11(18)6-7-14(13)16/h3-9,18H,1-2H3. The van der Waals surface area contributed by atoms with Crippen LogP contribution < -0.4 is 9.64 Å². The third kappa shape index (κ3) is 2.86. The van der Waals surface area contributed by atoms with Crippen LogP contribution in [0.15, 0.2) is 42.5 Å². The number of aromatic hydroxyl groups is 1. The zero-order valence-electron chi connectivity index (χ0n) is 11.1. The highest BCUT2D eigenvalue weighted by molar-refractivity contribution is 6.34. The van der Waals surface area contributed by atoms with Gasteiger partial charge in [-0.3, -0.25) is 4.79 Å². The van der Waals surface area contributed by atoms with E-state index >= 15 is 0 Å². The molecule has 0 aliphatic rings. The van der Waals surface area contributed by atoms with Crippen molar-refractivity contribution in [3.8, 4) is 11.5 Å². The number of hydrogen-bond acceptors (Lipinski definition) is 3. The van der Waals surface area contributed by atoms with Crippen molar-refractivity contribution in [3.05, 3.63) is 53.1 Å². The van der Waals surface area contributed by atoms with Crippen LogP contribution in [0, 0.1) is 0 Å². The van der Waals surface area contributed by atoms with Crippen molar-refractivity contribution in [2.75, 3.05) is 19.1 Å². The summed E-state index contributed by atoms with van der Waals surface area (Å²) in [6.07, 6.45) is 0. The minimum Gasteiger partial charge on any atom is -0.508 e. The first-order chi connectivity index (χ1) is 9.52. The van der Waals surface area contributed by atoms with Gasteiger partial charge in [-0.1, -0.05) is 17.7 Å². The lowest BCUT2D eigenvalue weighted by atomic mass is 10.1. The molecule has 5 heteroatoms. The van der Waals surface area contributed by atoms with Crippen LogP contribution in [0.3, 0.4) is 0 Å². The van der Waals surface area contributed by atoms with Crippen molar-refractivity contribution >= 4 is 23.2 Å². The van der Waals surface area contributed by atoms with Crippen LogP contribution in [-0.4, -0.2) is 25.2 Å². The Labute approximate surface area is 122 Å². The molecule has 1 amide bonds. The molecular formula is C15H14ClNO3. The van der Waals surface area contributed by atoms with Crippen molar-refractivity contribution in [1.82, 2.24) is 0 Å². The maximum atomic E-state index is 12.4. The Morgan fingerprint density at radius 2 is 2.00 bits per heavy atom. The van der Waals surface area contributed by atoms with E-state index in [0.29, 0.717) is 16.5 Å². The Bertz CT molecular complexity index is 643. The summed E-state index contributed by atoms with van der Waals surface area (Å²) in [6.45, 7) is 0. The summed E-state index contributed by atoms with van der Waals surface area (Å²) in [5.41, 5.74) is 0.922. The average Bonchev–Trinajstić information content (AvgIpc) is 2.48. The monoisotopic (exact) mass is 291 g/mol. The molecule has 0 aromatic heterocycles. The van der Waals surface area contributed by atoms with Gasteiger partial charge in [0, 0.05) is 18.8 Å². The highest BCUT2D eigenvalue weighted by atomic mass is 35.5. The lowest BCUT2D eigenvalue weighted by molar-refractivity contribution is 0.0993. The number of halogens is 1. The zero-order chi connectivity index (χ0) is 14.7. The fourth-order valence-electron chi connectivity index (χ4n) is 1.79. The largest absolute Gasteiger partial charge is 0.508 e. The van der Waals surface area contributed by atoms with Gasteiger partial charge in [-0.05, 0) is 30.3 Å². The molecule has 104 valence electrons. The summed E-state index contributed by atoms with van der Waals surface area (Å²) >= 11 is 6.00. The molecule has 0 fully saturated rings. The normalized spacial score (nSPS) is 10.2. The fourth-order valence-corrected chi connectivity index (χ4v) is 1.99. The summed E-state index contributed by atoms with van der Waals surface area (Å²) < 4.78 is 5.13. The van der Waals surface area contributed by atoms with E-state index in [1.807, 2.05) is 0 Å². The second kappa shape index (κ2) is 5.84. The van der Waals surface area contributed by atoms with E-state index in [-0.39, 0.29) is 17.2 Å². The number of nitrogens with zero attached hydrogens (tertiary/aromatic N) is 1. The molecule has 2 aromatic carbocycles. The van der Waals surface area contributed by atoms with Crippen LogP contribution in [0.25, 0.3) is 0 Å². The molecule has 0 bridgehead atoms. The van der Waals surface area contributed by atoms with Crippen molar-refractivity contribution in [1.29, 1.82) is 0 Å². The number of ether oxygens (including phenoxy) is 1. The highest BCUT2D eigenvalue weighted by Crippen LogP contribution is 2.26. The van der Waals surface area contributed by atoms with E-state index < -0.39 is 0 Å². The second-order valence-electron chi connectivity index (χ2n) is 4.23. The minimum absolute atomic E-state index is 0.00297. The fraction of sp³-hybridized carbons (Fsp3) is 0.133. The van der Waals surface area contributed by atoms with Crippen molar-refractivity contribution in [2.45, 2.75) is 0 Å². The Morgan fingerprint density at radius 3 is 2.70 bits per heavy atom. The first-order valence-electron chi connectivity index (χ1n) is 5.93. The van der Waals surface area contributed by atoms with E-state index in [0.717, 1.165) is 0 Å². The quantitative estimate of drug-likeness (QED) is 0.943. The zero-order valence-corrected chi connectivity index (χ0v) is 11.9. The van der Waals surface area contributed by atoms with E-state index in [1.54, 1.807) is 38.4 Å². The third-order valence-electron chi connectivity index (χ3n) is 2.93. The Morgan fingerprint density at radius 1 is 1.25 bits per heavy atom. The molecule has 2 aromatic rings. The van der Waals surface area contributed by atoms with E-state index in [9.17, 15) is 9.90 Å². The Balaban J connectivity index is 2.34.